The molecule has 10 N–H and O–H groups in total. The number of alkyl carbamates (subject to hydrolysis) is 1. The average molecular weight is 1080 g/mol. The van der Waals surface area contributed by atoms with E-state index in [1.54, 1.807) is 32.9 Å². The Balaban J connectivity index is 1.51. The molecule has 0 bridgehead atoms. The summed E-state index contributed by atoms with van der Waals surface area (Å²) in [6, 6.07) is 6.57. The van der Waals surface area contributed by atoms with Crippen LogP contribution < -0.4 is 53.2 Å². The van der Waals surface area contributed by atoms with Crippen LogP contribution in [0.3, 0.4) is 0 Å². The van der Waals surface area contributed by atoms with Crippen molar-refractivity contribution in [3.8, 4) is 0 Å². The van der Waals surface area contributed by atoms with Gasteiger partial charge in [0.1, 0.15) is 59.0 Å². The molecule has 1 aliphatic carbocycles. The van der Waals surface area contributed by atoms with Gasteiger partial charge in [-0.3, -0.25) is 43.2 Å². The average Bonchev–Trinajstić information content (AvgIpc) is 3.25. The van der Waals surface area contributed by atoms with E-state index in [1.165, 1.54) is 62.3 Å². The molecule has 0 heterocycles. The topological polar surface area (TPSA) is 300 Å². The Labute approximate surface area is 416 Å². The van der Waals surface area contributed by atoms with Crippen LogP contribution in [-0.4, -0.2) is 118 Å². The van der Waals surface area contributed by atoms with E-state index in [4.69, 9.17) is 4.74 Å². The number of hydrogen-bond donors (Lipinski definition) is 10. The van der Waals surface area contributed by atoms with Crippen molar-refractivity contribution in [2.45, 2.75) is 161 Å². The molecule has 8 atom stereocenters. The number of amides is 10. The number of ether oxygens (including phenoxy) is 1. The molecule has 1 aliphatic rings. The molecular formula is C47H67IN10O11. The fourth-order valence-electron chi connectivity index (χ4n) is 6.70. The maximum absolute atomic E-state index is 14.1. The molecule has 0 fully saturated rings. The summed E-state index contributed by atoms with van der Waals surface area (Å²) in [5.74, 6) is -6.21. The summed E-state index contributed by atoms with van der Waals surface area (Å²) >= 11 is 2.13. The second kappa shape index (κ2) is 24.3. The van der Waals surface area contributed by atoms with E-state index in [2.05, 4.69) is 75.8 Å². The van der Waals surface area contributed by atoms with E-state index in [0.29, 0.717) is 12.1 Å². The second-order valence-corrected chi connectivity index (χ2v) is 20.1. The third-order valence-electron chi connectivity index (χ3n) is 11.0. The van der Waals surface area contributed by atoms with Crippen molar-refractivity contribution in [3.63, 3.8) is 0 Å². The predicted octanol–water partition coefficient (Wildman–Crippen LogP) is 1.11. The van der Waals surface area contributed by atoms with Crippen LogP contribution in [0.1, 0.15) is 101 Å². The number of carbonyl (C=O) groups is 10. The van der Waals surface area contributed by atoms with Crippen LogP contribution in [0.2, 0.25) is 0 Å². The lowest BCUT2D eigenvalue weighted by Gasteiger charge is -2.39. The molecule has 69 heavy (non-hydrogen) atoms. The van der Waals surface area contributed by atoms with Gasteiger partial charge in [0.2, 0.25) is 53.2 Å². The van der Waals surface area contributed by atoms with E-state index in [1.807, 2.05) is 36.4 Å². The second-order valence-electron chi connectivity index (χ2n) is 18.8. The van der Waals surface area contributed by atoms with Gasteiger partial charge >= 0.3 is 6.09 Å². The molecule has 10 amide bonds. The third-order valence-corrected chi connectivity index (χ3v) is 11.7. The molecule has 0 spiro atoms. The van der Waals surface area contributed by atoms with Gasteiger partial charge in [-0.05, 0) is 154 Å². The molecule has 0 saturated heterocycles. The van der Waals surface area contributed by atoms with Gasteiger partial charge in [0.15, 0.2) is 0 Å². The monoisotopic (exact) mass is 1070 g/mol. The molecule has 8 unspecified atom stereocenters. The minimum atomic E-state index is -1.57. The van der Waals surface area contributed by atoms with Gasteiger partial charge in [-0.25, -0.2) is 4.79 Å². The van der Waals surface area contributed by atoms with Crippen molar-refractivity contribution in [1.29, 1.82) is 0 Å². The van der Waals surface area contributed by atoms with Crippen molar-refractivity contribution >= 4 is 87.5 Å². The highest BCUT2D eigenvalue weighted by atomic mass is 127. The number of hydrogen-bond acceptors (Lipinski definition) is 11. The number of nitrogens with one attached hydrogen (secondary N) is 10. The summed E-state index contributed by atoms with van der Waals surface area (Å²) in [6.45, 7) is 17.6. The lowest BCUT2D eigenvalue weighted by molar-refractivity contribution is -0.137. The number of rotatable bonds is 19. The van der Waals surface area contributed by atoms with Crippen molar-refractivity contribution in [2.24, 2.45) is 0 Å². The zero-order valence-corrected chi connectivity index (χ0v) is 43.3. The first-order valence-corrected chi connectivity index (χ1v) is 23.6. The lowest BCUT2D eigenvalue weighted by Crippen LogP contribution is -2.66. The molecule has 21 nitrogen and oxygen atoms in total. The summed E-state index contributed by atoms with van der Waals surface area (Å²) in [5, 5.41) is 25.7. The Morgan fingerprint density at radius 2 is 0.971 bits per heavy atom. The maximum Gasteiger partial charge on any atom is 0.408 e. The van der Waals surface area contributed by atoms with Gasteiger partial charge in [0.25, 0.3) is 0 Å². The third kappa shape index (κ3) is 17.3. The first kappa shape index (κ1) is 57.0. The molecule has 0 saturated carbocycles. The molecule has 2 aromatic carbocycles. The standard InChI is InChI=1S/C47H67IN10O11/c1-24(50-38(62)28(5)54-43(67)47(22-21-31-15-13-14-16-32(31)23-47)58-41(65)30(7)55-44(68)69-45(8,9)10)35(59)49-25(2)36(60)52-29(6)40(64)57-46(11,12)42(66)53-27(4)37(61)51-26(3)39(63)56-34-19-17-33(48)18-20-34/h13-20,24-30H,21-23H2,1-12H3,(H,49,59)(H,50,62)(H,51,61)(H,52,60)(H,53,66)(H,54,67)(H,55,68)(H,56,63)(H,57,64)(H,58,65). The molecule has 378 valence electrons. The van der Waals surface area contributed by atoms with Gasteiger partial charge in [-0.15, -0.1) is 0 Å². The Hall–Kier alpha value is -6.33. The highest BCUT2D eigenvalue weighted by Crippen LogP contribution is 2.30. The fourth-order valence-corrected chi connectivity index (χ4v) is 7.06. The van der Waals surface area contributed by atoms with Gasteiger partial charge < -0.3 is 57.9 Å². The molecule has 3 rings (SSSR count). The van der Waals surface area contributed by atoms with Crippen LogP contribution in [0.4, 0.5) is 10.5 Å². The predicted molar refractivity (Wildman–Crippen MR) is 264 cm³/mol. The molecule has 2 aromatic rings. The highest BCUT2D eigenvalue weighted by molar-refractivity contribution is 14.1. The van der Waals surface area contributed by atoms with Gasteiger partial charge in [0, 0.05) is 15.7 Å². The van der Waals surface area contributed by atoms with Gasteiger partial charge in [-0.2, -0.15) is 0 Å². The summed E-state index contributed by atoms with van der Waals surface area (Å²) in [6.07, 6.45) is -0.110. The SMILES string of the molecule is CC(NC(=O)OC(C)(C)C)C(=O)NC1(C(=O)NC(C)C(=O)NC(C)C(=O)NC(C)C(=O)NC(C)C(=O)NC(C)(C)C(=O)NC(C)C(=O)NC(C)C(=O)Nc2ccc(I)cc2)CCc2ccccc2C1. The number of anilines is 1. The Kier molecular flexibility index (Phi) is 20.1. The molecule has 0 aliphatic heterocycles. The smallest absolute Gasteiger partial charge is 0.408 e. The van der Waals surface area contributed by atoms with E-state index in [-0.39, 0.29) is 12.8 Å². The number of fused-ring (bicyclic) bond motifs is 1. The van der Waals surface area contributed by atoms with Crippen molar-refractivity contribution in [3.05, 3.63) is 63.2 Å². The largest absolute Gasteiger partial charge is 0.444 e. The van der Waals surface area contributed by atoms with Crippen LogP contribution in [0.5, 0.6) is 0 Å². The minimum Gasteiger partial charge on any atom is -0.444 e. The zero-order valence-electron chi connectivity index (χ0n) is 41.2. The number of aryl methyl sites for hydroxylation is 1. The van der Waals surface area contributed by atoms with Crippen LogP contribution in [0.15, 0.2) is 48.5 Å². The highest BCUT2D eigenvalue weighted by Gasteiger charge is 2.44. The van der Waals surface area contributed by atoms with E-state index < -0.39 is 118 Å². The quantitative estimate of drug-likeness (QED) is 0.0890. The summed E-state index contributed by atoms with van der Waals surface area (Å²) < 4.78 is 6.24. The normalized spacial score (nSPS) is 17.4. The van der Waals surface area contributed by atoms with Gasteiger partial charge in [0.05, 0.1) is 0 Å². The Morgan fingerprint density at radius 3 is 1.48 bits per heavy atom. The molecule has 0 radical (unpaired) electrons. The van der Waals surface area contributed by atoms with Crippen LogP contribution in [0, 0.1) is 3.57 Å². The lowest BCUT2D eigenvalue weighted by atomic mass is 9.77. The first-order chi connectivity index (χ1) is 31.9. The zero-order chi connectivity index (χ0) is 52.2. The van der Waals surface area contributed by atoms with Gasteiger partial charge in [-0.1, -0.05) is 24.3 Å². The van der Waals surface area contributed by atoms with Crippen LogP contribution in [-0.2, 0) is 60.7 Å². The fraction of sp³-hybridized carbons (Fsp3) is 0.532. The summed E-state index contributed by atoms with van der Waals surface area (Å²) in [7, 11) is 0. The number of halogens is 1. The number of benzene rings is 2. The molecule has 22 heteroatoms. The summed E-state index contributed by atoms with van der Waals surface area (Å²) in [4.78, 5) is 131. The van der Waals surface area contributed by atoms with Crippen molar-refractivity contribution < 1.29 is 52.7 Å². The minimum absolute atomic E-state index is 0.0958. The summed E-state index contributed by atoms with van der Waals surface area (Å²) in [5.41, 5.74) is -1.54. The number of carbonyl (C=O) groups excluding carboxylic acids is 10. The van der Waals surface area contributed by atoms with Crippen molar-refractivity contribution in [2.75, 3.05) is 5.32 Å². The van der Waals surface area contributed by atoms with E-state index >= 15 is 0 Å². The maximum atomic E-state index is 14.1. The van der Waals surface area contributed by atoms with E-state index in [9.17, 15) is 47.9 Å². The Morgan fingerprint density at radius 1 is 0.536 bits per heavy atom. The van der Waals surface area contributed by atoms with Crippen LogP contribution in [0.25, 0.3) is 0 Å². The molecule has 0 aromatic heterocycles. The van der Waals surface area contributed by atoms with E-state index in [0.717, 1.165) is 14.7 Å². The van der Waals surface area contributed by atoms with Crippen molar-refractivity contribution in [1.82, 2.24) is 47.9 Å². The van der Waals surface area contributed by atoms with Crippen LogP contribution >= 0.6 is 22.6 Å². The first-order valence-electron chi connectivity index (χ1n) is 22.5. The molecular weight excluding hydrogens is 1010 g/mol. The Bertz CT molecular complexity index is 2270.